The number of carboxylic acid groups (broad SMARTS) is 4. The van der Waals surface area contributed by atoms with Crippen molar-refractivity contribution in [1.82, 2.24) is 0 Å². The molecular weight excluding hydrogens is 969 g/mol. The Morgan fingerprint density at radius 2 is 0.500 bits per heavy atom. The fourth-order valence-corrected chi connectivity index (χ4v) is 10.7. The summed E-state index contributed by atoms with van der Waals surface area (Å²) in [5.41, 5.74) is -5.41. The maximum absolute atomic E-state index is 15.7. The monoisotopic (exact) mass is 996 g/mol. The molecule has 16 heterocycles. The van der Waals surface area contributed by atoms with Crippen molar-refractivity contribution in [2.45, 2.75) is 50.1 Å². The smallest absolute Gasteiger partial charge is 0.333 e. The molecule has 364 valence electrons. The van der Waals surface area contributed by atoms with Crippen LogP contribution in [-0.4, -0.2) is 44.3 Å². The van der Waals surface area contributed by atoms with Crippen molar-refractivity contribution >= 4 is 23.9 Å². The van der Waals surface area contributed by atoms with Crippen LogP contribution in [-0.2, 0) is 45.6 Å². The number of carbonyl (C=O) groups is 4. The van der Waals surface area contributed by atoms with Crippen LogP contribution in [0.3, 0.4) is 0 Å². The molecule has 0 unspecified atom stereocenters. The summed E-state index contributed by atoms with van der Waals surface area (Å²) in [5.74, 6) is -27.4. The molecule has 0 saturated carbocycles. The molecule has 20 bridgehead atoms. The third-order valence-corrected chi connectivity index (χ3v) is 13.8. The molecule has 4 atom stereocenters. The van der Waals surface area contributed by atoms with Crippen LogP contribution in [0.5, 0.6) is 23.0 Å². The van der Waals surface area contributed by atoms with E-state index < -0.39 is 165 Å². The third kappa shape index (κ3) is 6.64. The van der Waals surface area contributed by atoms with E-state index in [0.717, 1.165) is 0 Å². The van der Waals surface area contributed by atoms with Gasteiger partial charge in [-0.05, 0) is 93.0 Å². The van der Waals surface area contributed by atoms with E-state index in [1.165, 1.54) is 72.8 Å². The van der Waals surface area contributed by atoms with Crippen molar-refractivity contribution in [2.24, 2.45) is 0 Å². The van der Waals surface area contributed by atoms with Gasteiger partial charge >= 0.3 is 23.9 Å². The predicted molar refractivity (Wildman–Crippen MR) is 228 cm³/mol. The maximum atomic E-state index is 15.7. The van der Waals surface area contributed by atoms with Gasteiger partial charge in [-0.25, -0.2) is 54.3 Å². The van der Waals surface area contributed by atoms with Crippen molar-refractivity contribution in [1.29, 1.82) is 0 Å². The van der Waals surface area contributed by atoms with E-state index >= 15 is 35.1 Å². The first-order valence-electron chi connectivity index (χ1n) is 21.5. The second-order valence-corrected chi connectivity index (χ2v) is 17.4. The fraction of sp³-hybridized carbons (Fsp3) is 0.154. The van der Waals surface area contributed by atoms with E-state index in [4.69, 9.17) is 18.9 Å². The highest BCUT2D eigenvalue weighted by molar-refractivity contribution is 6.06. The largest absolute Gasteiger partial charge is 0.489 e. The SMILES string of the molecule is O=C(O)C1=C(C(=O)O)[C@@H]2c3ccc4cc3[C@H]1c1ccc(cc12)OCc1c(F)c(F)c(c(F)c1F)COc1ccc2c(c1)[C@@H]1C(C(=O)O)=C(C(=O)O)[C@H]2c2cc(ccc21)OCc1c(F)c(F)c(c(F)c1F)CO4. The Labute approximate surface area is 398 Å². The lowest BCUT2D eigenvalue weighted by Gasteiger charge is -2.41. The van der Waals surface area contributed by atoms with Crippen LogP contribution in [0, 0.1) is 46.5 Å². The first-order chi connectivity index (χ1) is 34.4. The molecule has 16 aliphatic heterocycles. The van der Waals surface area contributed by atoms with E-state index in [9.17, 15) is 39.6 Å². The minimum absolute atomic E-state index is 0.168. The quantitative estimate of drug-likeness (QED) is 0.0970. The average Bonchev–Trinajstić information content (AvgIpc) is 3.36. The predicted octanol–water partition coefficient (Wildman–Crippen LogP) is 9.54. The summed E-state index contributed by atoms with van der Waals surface area (Å²) in [5, 5.41) is 41.4. The van der Waals surface area contributed by atoms with Crippen LogP contribution >= 0.6 is 0 Å². The molecule has 0 radical (unpaired) electrons. The zero-order chi connectivity index (χ0) is 50.9. The van der Waals surface area contributed by atoms with Gasteiger partial charge in [-0.1, -0.05) is 24.3 Å². The molecule has 0 saturated heterocycles. The zero-order valence-electron chi connectivity index (χ0n) is 36.1. The van der Waals surface area contributed by atoms with Gasteiger partial charge in [0.15, 0.2) is 46.5 Å². The van der Waals surface area contributed by atoms with Crippen LogP contribution in [0.4, 0.5) is 35.1 Å². The molecule has 0 fully saturated rings. The lowest BCUT2D eigenvalue weighted by molar-refractivity contribution is -0.136. The molecule has 20 heteroatoms. The van der Waals surface area contributed by atoms with Crippen molar-refractivity contribution < 1.29 is 93.7 Å². The van der Waals surface area contributed by atoms with Crippen LogP contribution in [0.25, 0.3) is 0 Å². The molecule has 6 aromatic carbocycles. The molecule has 22 aliphatic rings. The molecule has 0 aromatic heterocycles. The van der Waals surface area contributed by atoms with Crippen LogP contribution < -0.4 is 18.9 Å². The Hall–Kier alpha value is -8.68. The minimum Gasteiger partial charge on any atom is -0.489 e. The lowest BCUT2D eigenvalue weighted by atomic mass is 9.61. The van der Waals surface area contributed by atoms with Crippen LogP contribution in [0.15, 0.2) is 95.1 Å². The number of halogens is 8. The first-order valence-corrected chi connectivity index (χ1v) is 21.5. The third-order valence-electron chi connectivity index (χ3n) is 13.8. The topological polar surface area (TPSA) is 186 Å². The molecule has 4 N–H and O–H groups in total. The van der Waals surface area contributed by atoms with E-state index in [1.54, 1.807) is 0 Å². The summed E-state index contributed by atoms with van der Waals surface area (Å²) in [7, 11) is 0. The second-order valence-electron chi connectivity index (χ2n) is 17.4. The molecule has 12 nitrogen and oxygen atoms in total. The molecule has 0 spiro atoms. The Morgan fingerprint density at radius 1 is 0.319 bits per heavy atom. The van der Waals surface area contributed by atoms with Crippen LogP contribution in [0.1, 0.15) is 90.4 Å². The van der Waals surface area contributed by atoms with Crippen molar-refractivity contribution in [3.63, 3.8) is 0 Å². The van der Waals surface area contributed by atoms with Gasteiger partial charge in [-0.2, -0.15) is 0 Å². The summed E-state index contributed by atoms with van der Waals surface area (Å²) in [6.07, 6.45) is 0. The van der Waals surface area contributed by atoms with Gasteiger partial charge in [0.05, 0.1) is 44.5 Å². The highest BCUT2D eigenvalue weighted by Crippen LogP contribution is 2.58. The summed E-state index contributed by atoms with van der Waals surface area (Å²) >= 11 is 0. The van der Waals surface area contributed by atoms with E-state index in [2.05, 4.69) is 0 Å². The average molecular weight is 997 g/mol. The molecule has 6 aliphatic carbocycles. The Morgan fingerprint density at radius 3 is 0.667 bits per heavy atom. The molecule has 28 rings (SSSR count). The van der Waals surface area contributed by atoms with Gasteiger partial charge in [0.25, 0.3) is 0 Å². The van der Waals surface area contributed by atoms with Crippen molar-refractivity contribution in [3.8, 4) is 23.0 Å². The normalized spacial score (nSPS) is 19.1. The summed E-state index contributed by atoms with van der Waals surface area (Å²) in [6.45, 7) is -4.46. The number of benzene rings is 6. The Kier molecular flexibility index (Phi) is 10.5. The van der Waals surface area contributed by atoms with E-state index in [1.807, 2.05) is 0 Å². The number of hydrogen-bond donors (Lipinski definition) is 4. The minimum atomic E-state index is -1.84. The Bertz CT molecular complexity index is 3070. The van der Waals surface area contributed by atoms with E-state index in [0.29, 0.717) is 0 Å². The van der Waals surface area contributed by atoms with Gasteiger partial charge in [0, 0.05) is 23.7 Å². The maximum Gasteiger partial charge on any atom is 0.333 e. The standard InChI is InChI=1S/C52H28F8O12/c53-41-29-13-69-17-1-5-21-25(9-17)34-22-6-2-18(10-26(22)33(21)37(49(61)62)38(34)50(63)64)70-15-31-45(57)47(59)32(48(60)46(31)58)16-72-20-4-8-24-28(12-20)36-23-7-3-19(71-14-30(43(41)55)44(56)42(29)54)11-27(23)35(24)39(51(65)66)40(36)52(67)68/h1-12,33-36H,13-16H2,(H,61,62)(H,63,64)(H,65,66)(H,67,68)/t33-,34-,35-,36-/m1/s1. The van der Waals surface area contributed by atoms with Crippen LogP contribution in [0.2, 0.25) is 0 Å². The molecule has 0 amide bonds. The number of rotatable bonds is 4. The number of aliphatic carboxylic acids is 4. The highest BCUT2D eigenvalue weighted by atomic mass is 19.2. The Balaban J connectivity index is 1.03. The zero-order valence-corrected chi connectivity index (χ0v) is 36.1. The first kappa shape index (κ1) is 45.7. The number of hydrogen-bond acceptors (Lipinski definition) is 8. The van der Waals surface area contributed by atoms with Gasteiger partial charge in [-0.15, -0.1) is 0 Å². The molecule has 72 heavy (non-hydrogen) atoms. The summed E-state index contributed by atoms with van der Waals surface area (Å²) < 4.78 is 148. The second kappa shape index (κ2) is 16.5. The number of carboxylic acids is 4. The van der Waals surface area contributed by atoms with E-state index in [-0.39, 0.29) is 67.5 Å². The fourth-order valence-electron chi connectivity index (χ4n) is 10.7. The summed E-state index contributed by atoms with van der Waals surface area (Å²) in [6, 6.07) is 15.3. The number of ether oxygens (including phenoxy) is 4. The van der Waals surface area contributed by atoms with Gasteiger partial charge < -0.3 is 39.4 Å². The van der Waals surface area contributed by atoms with Crippen molar-refractivity contribution in [2.75, 3.05) is 0 Å². The summed E-state index contributed by atoms with van der Waals surface area (Å²) in [4.78, 5) is 51.0. The molecule has 6 aromatic rings. The highest BCUT2D eigenvalue weighted by Gasteiger charge is 2.50. The van der Waals surface area contributed by atoms with Gasteiger partial charge in [0.1, 0.15) is 49.4 Å². The lowest BCUT2D eigenvalue weighted by Crippen LogP contribution is -2.34. The van der Waals surface area contributed by atoms with Gasteiger partial charge in [-0.3, -0.25) is 0 Å². The van der Waals surface area contributed by atoms with Crippen molar-refractivity contribution in [3.05, 3.63) is 208 Å². The van der Waals surface area contributed by atoms with Gasteiger partial charge in [0.2, 0.25) is 0 Å². The molecular formula is C52H28F8O12.